The summed E-state index contributed by atoms with van der Waals surface area (Å²) in [5, 5.41) is 2.77. The zero-order valence-electron chi connectivity index (χ0n) is 10.6. The van der Waals surface area contributed by atoms with Gasteiger partial charge in [0.05, 0.1) is 12.1 Å². The van der Waals surface area contributed by atoms with Crippen LogP contribution in [0.1, 0.15) is 19.3 Å². The fourth-order valence-electron chi connectivity index (χ4n) is 2.48. The summed E-state index contributed by atoms with van der Waals surface area (Å²) < 4.78 is 5.61. The van der Waals surface area contributed by atoms with E-state index < -0.39 is 6.10 Å². The molecular formula is C14H16N2O3. The Labute approximate surface area is 111 Å². The molecule has 1 aromatic rings. The Morgan fingerprint density at radius 1 is 1.32 bits per heavy atom. The molecule has 0 aromatic heterocycles. The summed E-state index contributed by atoms with van der Waals surface area (Å²) in [5.41, 5.74) is 0.664. The van der Waals surface area contributed by atoms with E-state index in [1.54, 1.807) is 17.0 Å². The molecular weight excluding hydrogens is 244 g/mol. The second-order valence-electron chi connectivity index (χ2n) is 4.88. The number of para-hydroxylation sites is 2. The van der Waals surface area contributed by atoms with Gasteiger partial charge in [-0.1, -0.05) is 12.1 Å². The third kappa shape index (κ3) is 2.41. The molecule has 0 bridgehead atoms. The lowest BCUT2D eigenvalue weighted by Gasteiger charge is -2.26. The highest BCUT2D eigenvalue weighted by Crippen LogP contribution is 2.29. The van der Waals surface area contributed by atoms with Crippen LogP contribution >= 0.6 is 0 Å². The van der Waals surface area contributed by atoms with Gasteiger partial charge in [-0.05, 0) is 25.0 Å². The molecule has 2 heterocycles. The molecule has 0 unspecified atom stereocenters. The monoisotopic (exact) mass is 260 g/mol. The van der Waals surface area contributed by atoms with Gasteiger partial charge in [-0.3, -0.25) is 9.59 Å². The second-order valence-corrected chi connectivity index (χ2v) is 4.88. The van der Waals surface area contributed by atoms with Crippen molar-refractivity contribution in [3.8, 4) is 5.75 Å². The number of hydrogen-bond donors (Lipinski definition) is 1. The van der Waals surface area contributed by atoms with Crippen LogP contribution in [0.15, 0.2) is 24.3 Å². The molecule has 0 radical (unpaired) electrons. The Morgan fingerprint density at radius 3 is 2.84 bits per heavy atom. The van der Waals surface area contributed by atoms with Crippen LogP contribution in [0, 0.1) is 0 Å². The van der Waals surface area contributed by atoms with Crippen molar-refractivity contribution in [3.63, 3.8) is 0 Å². The maximum absolute atomic E-state index is 12.0. The molecule has 2 aliphatic heterocycles. The number of fused-ring (bicyclic) bond motifs is 1. The van der Waals surface area contributed by atoms with E-state index in [-0.39, 0.29) is 18.2 Å². The van der Waals surface area contributed by atoms with Crippen LogP contribution in [-0.2, 0) is 9.59 Å². The predicted octanol–water partition coefficient (Wildman–Crippen LogP) is 1.40. The van der Waals surface area contributed by atoms with Gasteiger partial charge >= 0.3 is 0 Å². The average Bonchev–Trinajstić information content (AvgIpc) is 2.93. The Morgan fingerprint density at radius 2 is 2.05 bits per heavy atom. The first kappa shape index (κ1) is 12.0. The third-order valence-electron chi connectivity index (χ3n) is 3.53. The number of ether oxygens (including phenoxy) is 1. The SMILES string of the molecule is O=C1Nc2ccccc2O[C@H]1CC(=O)N1CCCC1. The van der Waals surface area contributed by atoms with Crippen LogP contribution in [0.2, 0.25) is 0 Å². The molecule has 1 fully saturated rings. The molecule has 0 spiro atoms. The molecule has 5 heteroatoms. The minimum Gasteiger partial charge on any atom is -0.478 e. The van der Waals surface area contributed by atoms with Crippen molar-refractivity contribution < 1.29 is 14.3 Å². The van der Waals surface area contributed by atoms with Crippen LogP contribution in [0.4, 0.5) is 5.69 Å². The fraction of sp³-hybridized carbons (Fsp3) is 0.429. The Balaban J connectivity index is 1.69. The number of carbonyl (C=O) groups excluding carboxylic acids is 2. The van der Waals surface area contributed by atoms with Crippen molar-refractivity contribution in [2.45, 2.75) is 25.4 Å². The Bertz CT molecular complexity index is 509. The van der Waals surface area contributed by atoms with Crippen molar-refractivity contribution in [1.29, 1.82) is 0 Å². The standard InChI is InChI=1S/C14H16N2O3/c17-13(16-7-3-4-8-16)9-12-14(18)15-10-5-1-2-6-11(10)19-12/h1-2,5-6,12H,3-4,7-9H2,(H,15,18)/t12-/m0/s1. The number of nitrogens with zero attached hydrogens (tertiary/aromatic N) is 1. The van der Waals surface area contributed by atoms with Gasteiger partial charge in [0.25, 0.3) is 5.91 Å². The van der Waals surface area contributed by atoms with Crippen LogP contribution in [0.3, 0.4) is 0 Å². The van der Waals surface area contributed by atoms with Crippen LogP contribution in [0.25, 0.3) is 0 Å². The van der Waals surface area contributed by atoms with Crippen LogP contribution in [-0.4, -0.2) is 35.9 Å². The first-order chi connectivity index (χ1) is 9.24. The van der Waals surface area contributed by atoms with Crippen molar-refractivity contribution >= 4 is 17.5 Å². The number of amides is 2. The maximum atomic E-state index is 12.0. The van der Waals surface area contributed by atoms with Crippen molar-refractivity contribution in [3.05, 3.63) is 24.3 Å². The number of nitrogens with one attached hydrogen (secondary N) is 1. The summed E-state index contributed by atoms with van der Waals surface area (Å²) in [5.74, 6) is 0.379. The van der Waals surface area contributed by atoms with E-state index >= 15 is 0 Å². The van der Waals surface area contributed by atoms with Crippen LogP contribution in [0.5, 0.6) is 5.75 Å². The first-order valence-corrected chi connectivity index (χ1v) is 6.58. The smallest absolute Gasteiger partial charge is 0.266 e. The van der Waals surface area contributed by atoms with Gasteiger partial charge in [0, 0.05) is 13.1 Å². The molecule has 1 N–H and O–H groups in total. The first-order valence-electron chi connectivity index (χ1n) is 6.58. The lowest BCUT2D eigenvalue weighted by atomic mass is 10.1. The molecule has 5 nitrogen and oxygen atoms in total. The number of likely N-dealkylation sites (tertiary alicyclic amines) is 1. The molecule has 0 saturated carbocycles. The molecule has 2 amide bonds. The van der Waals surface area contributed by atoms with Crippen LogP contribution < -0.4 is 10.1 Å². The highest BCUT2D eigenvalue weighted by Gasteiger charge is 2.31. The van der Waals surface area contributed by atoms with Gasteiger partial charge in [-0.25, -0.2) is 0 Å². The number of carbonyl (C=O) groups is 2. The lowest BCUT2D eigenvalue weighted by Crippen LogP contribution is -2.41. The van der Waals surface area contributed by atoms with Gasteiger partial charge in [0.15, 0.2) is 6.10 Å². The molecule has 1 aromatic carbocycles. The van der Waals surface area contributed by atoms with Gasteiger partial charge in [0.1, 0.15) is 5.75 Å². The topological polar surface area (TPSA) is 58.6 Å². The Hall–Kier alpha value is -2.04. The fourth-order valence-corrected chi connectivity index (χ4v) is 2.48. The Kier molecular flexibility index (Phi) is 3.11. The molecule has 1 saturated heterocycles. The minimum atomic E-state index is -0.719. The van der Waals surface area contributed by atoms with E-state index in [1.807, 2.05) is 12.1 Å². The second kappa shape index (κ2) is 4.91. The molecule has 2 aliphatic rings. The zero-order valence-corrected chi connectivity index (χ0v) is 10.6. The van der Waals surface area contributed by atoms with E-state index in [2.05, 4.69) is 5.32 Å². The van der Waals surface area contributed by atoms with E-state index in [1.165, 1.54) is 0 Å². The molecule has 0 aliphatic carbocycles. The molecule has 1 atom stereocenters. The van der Waals surface area contributed by atoms with Gasteiger partial charge in [-0.2, -0.15) is 0 Å². The average molecular weight is 260 g/mol. The van der Waals surface area contributed by atoms with E-state index in [0.29, 0.717) is 11.4 Å². The summed E-state index contributed by atoms with van der Waals surface area (Å²) >= 11 is 0. The summed E-state index contributed by atoms with van der Waals surface area (Å²) in [6.45, 7) is 1.59. The predicted molar refractivity (Wildman–Crippen MR) is 69.9 cm³/mol. The number of benzene rings is 1. The summed E-state index contributed by atoms with van der Waals surface area (Å²) in [7, 11) is 0. The van der Waals surface area contributed by atoms with Crippen molar-refractivity contribution in [2.75, 3.05) is 18.4 Å². The normalized spacial score (nSPS) is 21.6. The lowest BCUT2D eigenvalue weighted by molar-refractivity contribution is -0.136. The van der Waals surface area contributed by atoms with Gasteiger partial charge in [0.2, 0.25) is 5.91 Å². The van der Waals surface area contributed by atoms with E-state index in [0.717, 1.165) is 25.9 Å². The highest BCUT2D eigenvalue weighted by molar-refractivity contribution is 5.99. The molecule has 100 valence electrons. The van der Waals surface area contributed by atoms with Gasteiger partial charge in [-0.15, -0.1) is 0 Å². The van der Waals surface area contributed by atoms with Crippen molar-refractivity contribution in [1.82, 2.24) is 4.90 Å². The maximum Gasteiger partial charge on any atom is 0.266 e. The summed E-state index contributed by atoms with van der Waals surface area (Å²) in [4.78, 5) is 25.7. The third-order valence-corrected chi connectivity index (χ3v) is 3.53. The molecule has 3 rings (SSSR count). The van der Waals surface area contributed by atoms with Gasteiger partial charge < -0.3 is 15.0 Å². The van der Waals surface area contributed by atoms with E-state index in [9.17, 15) is 9.59 Å². The molecule has 19 heavy (non-hydrogen) atoms. The quantitative estimate of drug-likeness (QED) is 0.874. The minimum absolute atomic E-state index is 0.00275. The van der Waals surface area contributed by atoms with Crippen molar-refractivity contribution in [2.24, 2.45) is 0 Å². The number of hydrogen-bond acceptors (Lipinski definition) is 3. The largest absolute Gasteiger partial charge is 0.478 e. The zero-order chi connectivity index (χ0) is 13.2. The number of anilines is 1. The summed E-state index contributed by atoms with van der Waals surface area (Å²) in [6.07, 6.45) is 1.49. The summed E-state index contributed by atoms with van der Waals surface area (Å²) in [6, 6.07) is 7.25. The van der Waals surface area contributed by atoms with E-state index in [4.69, 9.17) is 4.74 Å². The highest BCUT2D eigenvalue weighted by atomic mass is 16.5. The number of rotatable bonds is 2.